The van der Waals surface area contributed by atoms with E-state index in [4.69, 9.17) is 0 Å². The summed E-state index contributed by atoms with van der Waals surface area (Å²) in [7, 11) is 0. The summed E-state index contributed by atoms with van der Waals surface area (Å²) < 4.78 is 40.8. The van der Waals surface area contributed by atoms with Crippen molar-refractivity contribution >= 4 is 28.8 Å². The van der Waals surface area contributed by atoms with Gasteiger partial charge in [0.15, 0.2) is 0 Å². The Morgan fingerprint density at radius 3 is 2.52 bits per heavy atom. The summed E-state index contributed by atoms with van der Waals surface area (Å²) in [5, 5.41) is 23.2. The van der Waals surface area contributed by atoms with Crippen LogP contribution in [0.2, 0.25) is 0 Å². The fourth-order valence-corrected chi connectivity index (χ4v) is 5.12. The van der Waals surface area contributed by atoms with Gasteiger partial charge in [0, 0.05) is 23.0 Å². The van der Waals surface area contributed by atoms with Crippen LogP contribution in [-0.2, 0) is 11.0 Å². The Labute approximate surface area is 228 Å². The quantitative estimate of drug-likeness (QED) is 0.229. The summed E-state index contributed by atoms with van der Waals surface area (Å²) in [4.78, 5) is 26.4. The number of hydrogen-bond donors (Lipinski definition) is 3. The first-order valence-electron chi connectivity index (χ1n) is 12.5. The Morgan fingerprint density at radius 2 is 1.82 bits per heavy atom. The van der Waals surface area contributed by atoms with Crippen LogP contribution in [0.1, 0.15) is 41.8 Å². The normalized spacial score (nSPS) is 17.9. The maximum Gasteiger partial charge on any atom is 0.416 e. The van der Waals surface area contributed by atoms with Gasteiger partial charge in [-0.25, -0.2) is 4.79 Å². The summed E-state index contributed by atoms with van der Waals surface area (Å²) >= 11 is 0. The first kappa shape index (κ1) is 26.8. The van der Waals surface area contributed by atoms with E-state index in [-0.39, 0.29) is 34.2 Å². The number of nitrogens with one attached hydrogen (secondary N) is 1. The second kappa shape index (κ2) is 10.1. The molecule has 0 radical (unpaired) electrons. The fraction of sp³-hybridized carbons (Fsp3) is 0.161. The number of allylic oxidation sites excluding steroid dienone is 4. The lowest BCUT2D eigenvalue weighted by atomic mass is 9.95. The Morgan fingerprint density at radius 1 is 1.07 bits per heavy atom. The van der Waals surface area contributed by atoms with Crippen LogP contribution in [0.4, 0.5) is 24.5 Å². The Kier molecular flexibility index (Phi) is 6.75. The summed E-state index contributed by atoms with van der Waals surface area (Å²) in [6.07, 6.45) is 1.12. The first-order chi connectivity index (χ1) is 18.9. The number of amides is 1. The lowest BCUT2D eigenvalue weighted by molar-refractivity contribution is -0.137. The molecule has 1 aliphatic carbocycles. The number of carbonyl (C=O) groups is 2. The van der Waals surface area contributed by atoms with Crippen molar-refractivity contribution in [1.82, 2.24) is 0 Å². The molecule has 40 heavy (non-hydrogen) atoms. The highest BCUT2D eigenvalue weighted by molar-refractivity contribution is 6.34. The van der Waals surface area contributed by atoms with Crippen LogP contribution in [0.3, 0.4) is 0 Å². The molecular formula is C31H25F3N2O4. The number of carboxylic acid groups (broad SMARTS) is 1. The molecule has 0 bridgehead atoms. The molecule has 1 amide bonds. The van der Waals surface area contributed by atoms with Gasteiger partial charge < -0.3 is 15.5 Å². The lowest BCUT2D eigenvalue weighted by Gasteiger charge is -2.26. The molecule has 3 N–H and O–H groups in total. The van der Waals surface area contributed by atoms with E-state index in [9.17, 15) is 33.0 Å². The van der Waals surface area contributed by atoms with Crippen LogP contribution in [0.25, 0.3) is 16.7 Å². The third-order valence-electron chi connectivity index (χ3n) is 6.88. The summed E-state index contributed by atoms with van der Waals surface area (Å²) in [6.45, 7) is 3.85. The third kappa shape index (κ3) is 4.98. The first-order valence-corrected chi connectivity index (χ1v) is 12.5. The molecule has 5 rings (SSSR count). The standard InChI is InChI=1S/C31H25F3N2O4/c1-17-11-18(2)13-22(12-17)36-27-15-21(31(32,33)34)9-10-24(27)25(29(36)38)16-35-26-8-4-7-23(28(26)37)19-5-3-6-20(14-19)30(39)40/h3-12,14-16,18,35,37H,13H2,1-2H3,(H,39,40)/b25-16-. The van der Waals surface area contributed by atoms with Gasteiger partial charge in [-0.2, -0.15) is 13.2 Å². The van der Waals surface area contributed by atoms with Gasteiger partial charge in [-0.1, -0.05) is 48.9 Å². The minimum Gasteiger partial charge on any atom is -0.505 e. The number of anilines is 2. The van der Waals surface area contributed by atoms with Crippen molar-refractivity contribution in [2.75, 3.05) is 10.2 Å². The number of phenolic OH excluding ortho intramolecular Hbond substituents is 1. The van der Waals surface area contributed by atoms with E-state index in [1.54, 1.807) is 36.4 Å². The van der Waals surface area contributed by atoms with Gasteiger partial charge in [-0.15, -0.1) is 0 Å². The van der Waals surface area contributed by atoms with E-state index in [1.807, 2.05) is 19.9 Å². The van der Waals surface area contributed by atoms with Crippen molar-refractivity contribution in [2.24, 2.45) is 5.92 Å². The zero-order valence-corrected chi connectivity index (χ0v) is 21.6. The number of benzene rings is 3. The van der Waals surface area contributed by atoms with E-state index in [1.165, 1.54) is 29.3 Å². The maximum atomic E-state index is 13.7. The number of carboxylic acids is 1. The number of aromatic carboxylic acids is 1. The number of phenols is 1. The molecule has 204 valence electrons. The summed E-state index contributed by atoms with van der Waals surface area (Å²) in [5.74, 6) is -1.67. The van der Waals surface area contributed by atoms with Crippen LogP contribution < -0.4 is 10.2 Å². The number of aromatic hydroxyl groups is 1. The van der Waals surface area contributed by atoms with Gasteiger partial charge in [-0.05, 0) is 61.2 Å². The zero-order chi connectivity index (χ0) is 28.8. The topological polar surface area (TPSA) is 89.9 Å². The smallest absolute Gasteiger partial charge is 0.416 e. The van der Waals surface area contributed by atoms with Crippen LogP contribution >= 0.6 is 0 Å². The molecule has 1 unspecified atom stereocenters. The van der Waals surface area contributed by atoms with Gasteiger partial charge in [0.25, 0.3) is 5.91 Å². The number of carbonyl (C=O) groups excluding carboxylic acids is 1. The molecule has 0 fully saturated rings. The van der Waals surface area contributed by atoms with E-state index >= 15 is 0 Å². The molecule has 1 heterocycles. The van der Waals surface area contributed by atoms with Crippen molar-refractivity contribution < 1.29 is 33.0 Å². The van der Waals surface area contributed by atoms with Gasteiger partial charge in [0.1, 0.15) is 5.75 Å². The molecular weight excluding hydrogens is 521 g/mol. The minimum atomic E-state index is -4.58. The Hall–Kier alpha value is -4.79. The largest absolute Gasteiger partial charge is 0.505 e. The van der Waals surface area contributed by atoms with Gasteiger partial charge in [0.2, 0.25) is 0 Å². The number of nitrogens with zero attached hydrogens (tertiary/aromatic N) is 1. The monoisotopic (exact) mass is 546 g/mol. The fourth-order valence-electron chi connectivity index (χ4n) is 5.12. The molecule has 3 aromatic carbocycles. The van der Waals surface area contributed by atoms with E-state index in [0.717, 1.165) is 17.7 Å². The Balaban J connectivity index is 1.55. The molecule has 0 spiro atoms. The molecule has 3 aromatic rings. The predicted molar refractivity (Wildman–Crippen MR) is 147 cm³/mol. The highest BCUT2D eigenvalue weighted by Gasteiger charge is 2.39. The van der Waals surface area contributed by atoms with Gasteiger partial charge in [-0.3, -0.25) is 9.69 Å². The Bertz CT molecular complexity index is 1640. The molecule has 2 aliphatic rings. The summed E-state index contributed by atoms with van der Waals surface area (Å²) in [6, 6.07) is 14.2. The van der Waals surface area contributed by atoms with Crippen molar-refractivity contribution in [3.05, 3.63) is 107 Å². The van der Waals surface area contributed by atoms with Gasteiger partial charge in [0.05, 0.1) is 28.1 Å². The number of rotatable bonds is 5. The highest BCUT2D eigenvalue weighted by Crippen LogP contribution is 2.45. The number of fused-ring (bicyclic) bond motifs is 1. The minimum absolute atomic E-state index is 0.0558. The third-order valence-corrected chi connectivity index (χ3v) is 6.88. The van der Waals surface area contributed by atoms with Gasteiger partial charge >= 0.3 is 12.1 Å². The van der Waals surface area contributed by atoms with E-state index in [0.29, 0.717) is 28.8 Å². The average Bonchev–Trinajstić information content (AvgIpc) is 3.17. The number of para-hydroxylation sites is 1. The number of alkyl halides is 3. The second-order valence-electron chi connectivity index (χ2n) is 9.89. The van der Waals surface area contributed by atoms with E-state index in [2.05, 4.69) is 5.32 Å². The summed E-state index contributed by atoms with van der Waals surface area (Å²) in [5.41, 5.74) is 2.40. The van der Waals surface area contributed by atoms with E-state index < -0.39 is 23.6 Å². The highest BCUT2D eigenvalue weighted by atomic mass is 19.4. The van der Waals surface area contributed by atoms with Crippen LogP contribution in [0, 0.1) is 5.92 Å². The molecule has 1 aliphatic heterocycles. The number of halogens is 3. The predicted octanol–water partition coefficient (Wildman–Crippen LogP) is 7.45. The van der Waals surface area contributed by atoms with Crippen LogP contribution in [0.15, 0.2) is 90.3 Å². The molecule has 0 saturated heterocycles. The maximum absolute atomic E-state index is 13.7. The lowest BCUT2D eigenvalue weighted by Crippen LogP contribution is -2.28. The van der Waals surface area contributed by atoms with Crippen molar-refractivity contribution in [2.45, 2.75) is 26.4 Å². The molecule has 6 nitrogen and oxygen atoms in total. The zero-order valence-electron chi connectivity index (χ0n) is 21.6. The molecule has 1 atom stereocenters. The molecule has 0 saturated carbocycles. The molecule has 0 aromatic heterocycles. The second-order valence-corrected chi connectivity index (χ2v) is 9.89. The van der Waals surface area contributed by atoms with Crippen LogP contribution in [0.5, 0.6) is 5.75 Å². The van der Waals surface area contributed by atoms with Crippen molar-refractivity contribution in [1.29, 1.82) is 0 Å². The van der Waals surface area contributed by atoms with Crippen molar-refractivity contribution in [3.63, 3.8) is 0 Å². The SMILES string of the molecule is CC1=CC(C)CC(N2C(=O)/C(=C\Nc3cccc(-c4cccc(C(=O)O)c4)c3O)c3ccc(C(F)(F)F)cc32)=C1. The molecule has 9 heteroatoms. The van der Waals surface area contributed by atoms with Crippen molar-refractivity contribution in [3.8, 4) is 16.9 Å². The average molecular weight is 547 g/mol. The number of hydrogen-bond acceptors (Lipinski definition) is 4. The van der Waals surface area contributed by atoms with Crippen LogP contribution in [-0.4, -0.2) is 22.1 Å².